The van der Waals surface area contributed by atoms with Gasteiger partial charge in [0.05, 0.1) is 6.04 Å². The number of amides is 2. The number of nitrogens with one attached hydrogen (secondary N) is 1. The van der Waals surface area contributed by atoms with E-state index in [1.807, 2.05) is 0 Å². The van der Waals surface area contributed by atoms with Crippen LogP contribution in [0.1, 0.15) is 31.2 Å². The number of ether oxygens (including phenoxy) is 1. The van der Waals surface area contributed by atoms with Crippen LogP contribution < -0.4 is 10.1 Å². The van der Waals surface area contributed by atoms with Crippen LogP contribution in [0.3, 0.4) is 0 Å². The number of carbonyl (C=O) groups is 2. The lowest BCUT2D eigenvalue weighted by molar-refractivity contribution is -0.135. The summed E-state index contributed by atoms with van der Waals surface area (Å²) in [6.07, 6.45) is 0.822. The van der Waals surface area contributed by atoms with Gasteiger partial charge in [0.25, 0.3) is 0 Å². The van der Waals surface area contributed by atoms with Crippen molar-refractivity contribution in [2.24, 2.45) is 5.92 Å². The Bertz CT molecular complexity index is 1030. The normalized spacial score (nSPS) is 20.9. The molecule has 1 N–H and O–H groups in total. The monoisotopic (exact) mass is 475 g/mol. The van der Waals surface area contributed by atoms with Crippen LogP contribution in [0.15, 0.2) is 42.5 Å². The Balaban J connectivity index is 1.59. The Morgan fingerprint density at radius 1 is 1.03 bits per heavy atom. The summed E-state index contributed by atoms with van der Waals surface area (Å²) in [5.41, 5.74) is 0.512. The fourth-order valence-electron chi connectivity index (χ4n) is 4.84. The van der Waals surface area contributed by atoms with E-state index in [-0.39, 0.29) is 30.7 Å². The highest BCUT2D eigenvalue weighted by Gasteiger charge is 2.43. The number of nitrogens with zero attached hydrogens (tertiary/aromatic N) is 2. The average molecular weight is 476 g/mol. The SMILES string of the molecule is CCN(C(=O)Oc1ccc(F)cc1)C1CN(C(=O)C2CCNCC2)C[C@H]1c1ccc(F)c(F)c1. The Kier molecular flexibility index (Phi) is 7.41. The molecule has 2 saturated heterocycles. The summed E-state index contributed by atoms with van der Waals surface area (Å²) in [5.74, 6) is -2.70. The third-order valence-electron chi connectivity index (χ3n) is 6.66. The molecule has 2 aliphatic rings. The van der Waals surface area contributed by atoms with Gasteiger partial charge in [-0.05, 0) is 74.8 Å². The van der Waals surface area contributed by atoms with Gasteiger partial charge in [0.2, 0.25) is 5.91 Å². The Morgan fingerprint density at radius 2 is 1.74 bits per heavy atom. The molecule has 2 amide bonds. The van der Waals surface area contributed by atoms with Crippen molar-refractivity contribution in [3.63, 3.8) is 0 Å². The summed E-state index contributed by atoms with van der Waals surface area (Å²) in [4.78, 5) is 29.5. The first-order valence-corrected chi connectivity index (χ1v) is 11.6. The highest BCUT2D eigenvalue weighted by molar-refractivity contribution is 5.80. The molecule has 9 heteroatoms. The van der Waals surface area contributed by atoms with Crippen molar-refractivity contribution >= 4 is 12.0 Å². The summed E-state index contributed by atoms with van der Waals surface area (Å²) in [5, 5.41) is 3.24. The average Bonchev–Trinajstić information content (AvgIpc) is 3.28. The van der Waals surface area contributed by atoms with E-state index < -0.39 is 35.5 Å². The molecule has 2 aliphatic heterocycles. The van der Waals surface area contributed by atoms with Crippen molar-refractivity contribution in [2.45, 2.75) is 31.7 Å². The fraction of sp³-hybridized carbons (Fsp3) is 0.440. The van der Waals surface area contributed by atoms with E-state index in [1.165, 1.54) is 35.2 Å². The predicted octanol–water partition coefficient (Wildman–Crippen LogP) is 3.92. The molecule has 0 aliphatic carbocycles. The van der Waals surface area contributed by atoms with Crippen molar-refractivity contribution in [3.8, 4) is 5.75 Å². The maximum atomic E-state index is 14.1. The smallest absolute Gasteiger partial charge is 0.410 e. The summed E-state index contributed by atoms with van der Waals surface area (Å²) < 4.78 is 46.3. The van der Waals surface area contributed by atoms with Crippen molar-refractivity contribution < 1.29 is 27.5 Å². The number of hydrogen-bond acceptors (Lipinski definition) is 4. The second-order valence-corrected chi connectivity index (χ2v) is 8.72. The second-order valence-electron chi connectivity index (χ2n) is 8.72. The number of hydrogen-bond donors (Lipinski definition) is 1. The third kappa shape index (κ3) is 5.19. The van der Waals surface area contributed by atoms with Crippen molar-refractivity contribution in [1.29, 1.82) is 0 Å². The van der Waals surface area contributed by atoms with E-state index in [9.17, 15) is 22.8 Å². The minimum atomic E-state index is -0.976. The van der Waals surface area contributed by atoms with Crippen LogP contribution in [0.4, 0.5) is 18.0 Å². The van der Waals surface area contributed by atoms with Crippen LogP contribution in [0, 0.1) is 23.4 Å². The van der Waals surface area contributed by atoms with E-state index in [2.05, 4.69) is 5.32 Å². The molecule has 34 heavy (non-hydrogen) atoms. The van der Waals surface area contributed by atoms with Gasteiger partial charge in [0.1, 0.15) is 11.6 Å². The van der Waals surface area contributed by atoms with Gasteiger partial charge in [-0.15, -0.1) is 0 Å². The molecule has 0 bridgehead atoms. The van der Waals surface area contributed by atoms with Gasteiger partial charge in [0, 0.05) is 31.5 Å². The number of likely N-dealkylation sites (N-methyl/N-ethyl adjacent to an activating group) is 1. The first-order chi connectivity index (χ1) is 16.4. The lowest BCUT2D eigenvalue weighted by Crippen LogP contribution is -2.46. The van der Waals surface area contributed by atoms with E-state index in [1.54, 1.807) is 11.8 Å². The number of rotatable bonds is 5. The Morgan fingerprint density at radius 3 is 2.38 bits per heavy atom. The molecule has 182 valence electrons. The van der Waals surface area contributed by atoms with Gasteiger partial charge >= 0.3 is 6.09 Å². The van der Waals surface area contributed by atoms with E-state index in [0.717, 1.165) is 38.1 Å². The molecular formula is C25H28F3N3O3. The number of benzene rings is 2. The van der Waals surface area contributed by atoms with Crippen LogP contribution in [0.25, 0.3) is 0 Å². The van der Waals surface area contributed by atoms with Crippen molar-refractivity contribution in [3.05, 3.63) is 65.5 Å². The molecule has 2 heterocycles. The minimum Gasteiger partial charge on any atom is -0.410 e. The zero-order valence-corrected chi connectivity index (χ0v) is 19.0. The molecule has 4 rings (SSSR count). The molecule has 2 aromatic carbocycles. The van der Waals surface area contributed by atoms with Crippen molar-refractivity contribution in [1.82, 2.24) is 15.1 Å². The maximum Gasteiger partial charge on any atom is 0.415 e. The van der Waals surface area contributed by atoms with Gasteiger partial charge in [-0.3, -0.25) is 4.79 Å². The molecule has 0 aromatic heterocycles. The number of halogens is 3. The molecular weight excluding hydrogens is 447 g/mol. The Hall–Kier alpha value is -3.07. The minimum absolute atomic E-state index is 0.0135. The topological polar surface area (TPSA) is 61.9 Å². The molecule has 2 atom stereocenters. The summed E-state index contributed by atoms with van der Waals surface area (Å²) in [6.45, 7) is 4.15. The molecule has 0 saturated carbocycles. The van der Waals surface area contributed by atoms with Gasteiger partial charge in [-0.2, -0.15) is 0 Å². The first kappa shape index (κ1) is 24.1. The van der Waals surface area contributed by atoms with Crippen LogP contribution in [0.2, 0.25) is 0 Å². The third-order valence-corrected chi connectivity index (χ3v) is 6.66. The van der Waals surface area contributed by atoms with E-state index >= 15 is 0 Å². The standard InChI is InChI=1S/C25H28F3N3O3/c1-2-31(25(33)34-19-6-4-18(26)5-7-19)23-15-30(24(32)16-9-11-29-12-10-16)14-20(23)17-3-8-21(27)22(28)13-17/h3-8,13,16,20,23,29H,2,9-12,14-15H2,1H3/t20-,23?/m0/s1. The lowest BCUT2D eigenvalue weighted by atomic mass is 9.93. The van der Waals surface area contributed by atoms with Gasteiger partial charge in [0.15, 0.2) is 11.6 Å². The summed E-state index contributed by atoms with van der Waals surface area (Å²) in [7, 11) is 0. The van der Waals surface area contributed by atoms with Gasteiger partial charge < -0.3 is 19.9 Å². The number of carbonyl (C=O) groups excluding carboxylic acids is 2. The number of likely N-dealkylation sites (tertiary alicyclic amines) is 1. The van der Waals surface area contributed by atoms with Crippen LogP contribution in [-0.4, -0.2) is 60.6 Å². The number of piperidine rings is 1. The zero-order valence-electron chi connectivity index (χ0n) is 19.0. The van der Waals surface area contributed by atoms with Gasteiger partial charge in [-0.25, -0.2) is 18.0 Å². The van der Waals surface area contributed by atoms with Crippen LogP contribution in [0.5, 0.6) is 5.75 Å². The van der Waals surface area contributed by atoms with Gasteiger partial charge in [-0.1, -0.05) is 6.07 Å². The predicted molar refractivity (Wildman–Crippen MR) is 120 cm³/mol. The first-order valence-electron chi connectivity index (χ1n) is 11.6. The second kappa shape index (κ2) is 10.5. The highest BCUT2D eigenvalue weighted by atomic mass is 19.2. The van der Waals surface area contributed by atoms with E-state index in [4.69, 9.17) is 4.74 Å². The summed E-state index contributed by atoms with van der Waals surface area (Å²) in [6, 6.07) is 8.29. The molecule has 6 nitrogen and oxygen atoms in total. The quantitative estimate of drug-likeness (QED) is 0.712. The molecule has 1 unspecified atom stereocenters. The van der Waals surface area contributed by atoms with E-state index in [0.29, 0.717) is 12.1 Å². The fourth-order valence-corrected chi connectivity index (χ4v) is 4.84. The highest BCUT2D eigenvalue weighted by Crippen LogP contribution is 2.34. The maximum absolute atomic E-state index is 14.1. The molecule has 2 fully saturated rings. The largest absolute Gasteiger partial charge is 0.415 e. The molecule has 2 aromatic rings. The van der Waals surface area contributed by atoms with Crippen LogP contribution in [-0.2, 0) is 4.79 Å². The van der Waals surface area contributed by atoms with Crippen molar-refractivity contribution in [2.75, 3.05) is 32.7 Å². The Labute approximate surface area is 196 Å². The van der Waals surface area contributed by atoms with Crippen LogP contribution >= 0.6 is 0 Å². The zero-order chi connectivity index (χ0) is 24.2. The summed E-state index contributed by atoms with van der Waals surface area (Å²) >= 11 is 0. The molecule has 0 spiro atoms. The molecule has 0 radical (unpaired) electrons. The lowest BCUT2D eigenvalue weighted by Gasteiger charge is -2.31.